The van der Waals surface area contributed by atoms with Crippen LogP contribution >= 0.6 is 0 Å². The van der Waals surface area contributed by atoms with Crippen LogP contribution in [0.2, 0.25) is 0 Å². The van der Waals surface area contributed by atoms with Gasteiger partial charge in [0.05, 0.1) is 42.1 Å². The Morgan fingerprint density at radius 1 is 0.875 bits per heavy atom. The number of likely N-dealkylation sites (tertiary alicyclic amines) is 1. The summed E-state index contributed by atoms with van der Waals surface area (Å²) in [7, 11) is 0. The highest BCUT2D eigenvalue weighted by atomic mass is 16.5. The molecule has 0 saturated carbocycles. The Bertz CT molecular complexity index is 2040. The van der Waals surface area contributed by atoms with Crippen molar-refractivity contribution in [3.8, 4) is 11.4 Å². The highest BCUT2D eigenvalue weighted by Gasteiger charge is 2.42. The van der Waals surface area contributed by atoms with Crippen LogP contribution in [0.4, 0.5) is 5.95 Å². The van der Waals surface area contributed by atoms with Gasteiger partial charge in [0.2, 0.25) is 5.95 Å². The van der Waals surface area contributed by atoms with Crippen LogP contribution in [-0.4, -0.2) is 124 Å². The molecule has 7 rings (SSSR count). The zero-order valence-electron chi connectivity index (χ0n) is 32.6. The molecule has 4 heterocycles. The van der Waals surface area contributed by atoms with E-state index in [0.29, 0.717) is 56.3 Å². The molecule has 0 bridgehead atoms. The predicted octanol–water partition coefficient (Wildman–Crippen LogP) is 5.16. The van der Waals surface area contributed by atoms with Crippen LogP contribution < -0.4 is 9.64 Å². The highest BCUT2D eigenvalue weighted by Crippen LogP contribution is 2.39. The van der Waals surface area contributed by atoms with Gasteiger partial charge in [-0.2, -0.15) is 0 Å². The molecule has 3 aromatic carbocycles. The zero-order valence-corrected chi connectivity index (χ0v) is 32.6. The van der Waals surface area contributed by atoms with E-state index >= 15 is 0 Å². The summed E-state index contributed by atoms with van der Waals surface area (Å²) in [6.07, 6.45) is 5.05. The van der Waals surface area contributed by atoms with Crippen LogP contribution in [0.25, 0.3) is 16.7 Å². The number of carbonyl (C=O) groups is 2. The minimum absolute atomic E-state index is 0.101. The molecule has 2 aliphatic rings. The SMILES string of the molecule is CCOCCn1c(N2CCCN(CCC3(c4ccccc4)CCN(C(=O)c4cc(-n5cnnn5)ccc4OCCCC(=O)OCC)C3)CC2)nc2ccccc21. The molecule has 0 aliphatic carbocycles. The molecule has 1 atom stereocenters. The fourth-order valence-electron chi connectivity index (χ4n) is 8.05. The minimum Gasteiger partial charge on any atom is -0.493 e. The van der Waals surface area contributed by atoms with Crippen molar-refractivity contribution >= 4 is 28.9 Å². The van der Waals surface area contributed by atoms with Crippen LogP contribution in [0.5, 0.6) is 5.75 Å². The number of rotatable bonds is 17. The number of amides is 1. The number of hydrogen-bond donors (Lipinski definition) is 0. The normalized spacial score (nSPS) is 17.7. The molecule has 56 heavy (non-hydrogen) atoms. The second-order valence-corrected chi connectivity index (χ2v) is 14.5. The Kier molecular flexibility index (Phi) is 12.9. The van der Waals surface area contributed by atoms with Crippen molar-refractivity contribution in [2.75, 3.05) is 77.1 Å². The molecule has 14 nitrogen and oxygen atoms in total. The third-order valence-electron chi connectivity index (χ3n) is 11.0. The first-order chi connectivity index (χ1) is 27.5. The molecule has 0 N–H and O–H groups in total. The van der Waals surface area contributed by atoms with E-state index in [-0.39, 0.29) is 30.3 Å². The number of hydrogen-bond acceptors (Lipinski definition) is 11. The third-order valence-corrected chi connectivity index (χ3v) is 11.0. The van der Waals surface area contributed by atoms with Crippen molar-refractivity contribution in [2.45, 2.75) is 57.9 Å². The van der Waals surface area contributed by atoms with Gasteiger partial charge in [-0.25, -0.2) is 9.67 Å². The second-order valence-electron chi connectivity index (χ2n) is 14.5. The number of carbonyl (C=O) groups excluding carboxylic acids is 2. The van der Waals surface area contributed by atoms with Crippen LogP contribution in [0.15, 0.2) is 79.1 Å². The molecule has 5 aromatic rings. The van der Waals surface area contributed by atoms with Gasteiger partial charge in [0.25, 0.3) is 5.91 Å². The number of anilines is 1. The van der Waals surface area contributed by atoms with E-state index in [1.165, 1.54) is 16.6 Å². The first-order valence-corrected chi connectivity index (χ1v) is 20.0. The number of ether oxygens (including phenoxy) is 3. The number of fused-ring (bicyclic) bond motifs is 1. The lowest BCUT2D eigenvalue weighted by Gasteiger charge is -2.33. The summed E-state index contributed by atoms with van der Waals surface area (Å²) in [6, 6.07) is 24.4. The Balaban J connectivity index is 1.05. The van der Waals surface area contributed by atoms with Crippen molar-refractivity contribution in [3.05, 3.63) is 90.3 Å². The van der Waals surface area contributed by atoms with Crippen LogP contribution in [-0.2, 0) is 26.2 Å². The summed E-state index contributed by atoms with van der Waals surface area (Å²) in [4.78, 5) is 38.5. The molecule has 0 spiro atoms. The average molecular weight is 764 g/mol. The van der Waals surface area contributed by atoms with Crippen molar-refractivity contribution in [1.29, 1.82) is 0 Å². The third kappa shape index (κ3) is 9.03. The fourth-order valence-corrected chi connectivity index (χ4v) is 8.05. The quantitative estimate of drug-likeness (QED) is 0.0920. The predicted molar refractivity (Wildman–Crippen MR) is 213 cm³/mol. The van der Waals surface area contributed by atoms with E-state index in [2.05, 4.69) is 78.4 Å². The lowest BCUT2D eigenvalue weighted by molar-refractivity contribution is -0.143. The molecule has 14 heteroatoms. The summed E-state index contributed by atoms with van der Waals surface area (Å²) in [5.41, 5.74) is 4.31. The molecular formula is C42H53N9O5. The molecular weight excluding hydrogens is 711 g/mol. The smallest absolute Gasteiger partial charge is 0.305 e. The molecule has 1 unspecified atom stereocenters. The van der Waals surface area contributed by atoms with Crippen LogP contribution in [0.3, 0.4) is 0 Å². The molecule has 1 amide bonds. The summed E-state index contributed by atoms with van der Waals surface area (Å²) in [5.74, 6) is 1.12. The lowest BCUT2D eigenvalue weighted by atomic mass is 9.76. The number of tetrazole rings is 1. The molecule has 2 aromatic heterocycles. The minimum atomic E-state index is -0.262. The summed E-state index contributed by atoms with van der Waals surface area (Å²) in [5, 5.41) is 11.6. The van der Waals surface area contributed by atoms with E-state index < -0.39 is 0 Å². The number of para-hydroxylation sites is 2. The zero-order chi connectivity index (χ0) is 38.7. The van der Waals surface area contributed by atoms with E-state index in [0.717, 1.165) is 75.5 Å². The summed E-state index contributed by atoms with van der Waals surface area (Å²) < 4.78 is 20.8. The van der Waals surface area contributed by atoms with Crippen molar-refractivity contribution in [3.63, 3.8) is 0 Å². The van der Waals surface area contributed by atoms with Gasteiger partial charge in [-0.1, -0.05) is 42.5 Å². The summed E-state index contributed by atoms with van der Waals surface area (Å²) in [6.45, 7) is 12.5. The van der Waals surface area contributed by atoms with Crippen molar-refractivity contribution < 1.29 is 23.8 Å². The van der Waals surface area contributed by atoms with Crippen LogP contribution in [0, 0.1) is 0 Å². The van der Waals surface area contributed by atoms with Gasteiger partial charge >= 0.3 is 5.97 Å². The molecule has 2 fully saturated rings. The van der Waals surface area contributed by atoms with E-state index in [1.807, 2.05) is 24.0 Å². The Labute approximate surface area is 328 Å². The first kappa shape index (κ1) is 38.9. The Morgan fingerprint density at radius 3 is 2.55 bits per heavy atom. The van der Waals surface area contributed by atoms with Gasteiger partial charge in [-0.15, -0.1) is 5.10 Å². The van der Waals surface area contributed by atoms with E-state index in [4.69, 9.17) is 19.2 Å². The first-order valence-electron chi connectivity index (χ1n) is 20.0. The number of esters is 1. The maximum Gasteiger partial charge on any atom is 0.305 e. The van der Waals surface area contributed by atoms with E-state index in [1.54, 1.807) is 19.1 Å². The number of aromatic nitrogens is 6. The number of imidazole rings is 1. The van der Waals surface area contributed by atoms with Gasteiger partial charge in [0.15, 0.2) is 0 Å². The second kappa shape index (κ2) is 18.5. The van der Waals surface area contributed by atoms with Gasteiger partial charge in [-0.3, -0.25) is 9.59 Å². The molecule has 0 radical (unpaired) electrons. The largest absolute Gasteiger partial charge is 0.493 e. The number of benzene rings is 3. The Hall–Kier alpha value is -5.34. The van der Waals surface area contributed by atoms with Gasteiger partial charge in [0.1, 0.15) is 12.1 Å². The maximum atomic E-state index is 14.5. The Morgan fingerprint density at radius 2 is 1.73 bits per heavy atom. The maximum absolute atomic E-state index is 14.5. The van der Waals surface area contributed by atoms with Gasteiger partial charge < -0.3 is 33.5 Å². The summed E-state index contributed by atoms with van der Waals surface area (Å²) >= 11 is 0. The molecule has 296 valence electrons. The van der Waals surface area contributed by atoms with Crippen LogP contribution in [0.1, 0.15) is 61.9 Å². The fraction of sp³-hybridized carbons (Fsp3) is 0.476. The average Bonchev–Trinajstić information content (AvgIpc) is 3.97. The van der Waals surface area contributed by atoms with Crippen molar-refractivity contribution in [1.82, 2.24) is 39.6 Å². The number of nitrogens with zero attached hydrogens (tertiary/aromatic N) is 9. The topological polar surface area (TPSA) is 133 Å². The van der Waals surface area contributed by atoms with E-state index in [9.17, 15) is 9.59 Å². The standard InChI is InChI=1S/C42H53N9O5/c1-3-54-29-27-50-37-15-9-8-14-36(37)44-41(50)48-22-11-21-47(25-26-48)23-19-42(33-12-6-5-7-13-33)20-24-49(31-42)40(53)35-30-34(51-32-43-45-46-51)17-18-38(35)56-28-10-16-39(52)55-4-2/h5-9,12-15,17-18,30,32H,3-4,10-11,16,19-29,31H2,1-2H3. The molecule has 2 aliphatic heterocycles. The molecule has 2 saturated heterocycles. The van der Waals surface area contributed by atoms with Crippen molar-refractivity contribution in [2.24, 2.45) is 0 Å². The monoisotopic (exact) mass is 763 g/mol. The van der Waals surface area contributed by atoms with Gasteiger partial charge in [-0.05, 0) is 98.9 Å². The highest BCUT2D eigenvalue weighted by molar-refractivity contribution is 5.98. The van der Waals surface area contributed by atoms with Gasteiger partial charge in [0, 0.05) is 57.7 Å². The lowest BCUT2D eigenvalue weighted by Crippen LogP contribution is -2.39.